The van der Waals surface area contributed by atoms with Crippen LogP contribution in [0.5, 0.6) is 5.75 Å². The number of aliphatic hydroxyl groups is 1. The van der Waals surface area contributed by atoms with E-state index in [1.165, 1.54) is 12.1 Å². The van der Waals surface area contributed by atoms with Crippen LogP contribution in [0.3, 0.4) is 0 Å². The summed E-state index contributed by atoms with van der Waals surface area (Å²) >= 11 is 3.58. The third-order valence-electron chi connectivity index (χ3n) is 7.55. The van der Waals surface area contributed by atoms with Gasteiger partial charge in [0, 0.05) is 52.2 Å². The van der Waals surface area contributed by atoms with Gasteiger partial charge >= 0.3 is 6.18 Å². The van der Waals surface area contributed by atoms with Crippen molar-refractivity contribution in [1.29, 1.82) is 0 Å². The lowest BCUT2D eigenvalue weighted by molar-refractivity contribution is -0.137. The van der Waals surface area contributed by atoms with Crippen LogP contribution in [-0.4, -0.2) is 35.7 Å². The molecule has 242 valence electrons. The highest BCUT2D eigenvalue weighted by Crippen LogP contribution is 2.46. The second-order valence-corrected chi connectivity index (χ2v) is 11.5. The molecule has 0 fully saturated rings. The van der Waals surface area contributed by atoms with Gasteiger partial charge in [-0.3, -0.25) is 4.79 Å². The molecule has 0 radical (unpaired) electrons. The average Bonchev–Trinajstić information content (AvgIpc) is 3.45. The van der Waals surface area contributed by atoms with Crippen molar-refractivity contribution >= 4 is 33.4 Å². The molecule has 9 nitrogen and oxygen atoms in total. The second kappa shape index (κ2) is 14.7. The number of halogens is 4. The number of alkyl halides is 3. The smallest absolute Gasteiger partial charge is 0.416 e. The fourth-order valence-electron chi connectivity index (χ4n) is 5.19. The largest absolute Gasteiger partial charge is 0.494 e. The minimum atomic E-state index is -4.49. The van der Waals surface area contributed by atoms with E-state index in [1.807, 2.05) is 24.3 Å². The standard InChI is InChI=1S/C34H29BrF3N5O4/c35-28-8-3-1-6-24(28)20-33(32(45)40-21-22-10-14-25(15-11-22)34(36,37)38)30(27-7-2-4-9-29(27)42-43-39)47-31(41-33)23-12-16-26(17-13-23)46-19-5-18-44/h1-4,6-17,30,44H,5,18-21H2,(H,40,45)/t30-,33-/m1/s1. The van der Waals surface area contributed by atoms with Crippen LogP contribution in [0.1, 0.15) is 40.3 Å². The van der Waals surface area contributed by atoms with Gasteiger partial charge in [0.2, 0.25) is 5.90 Å². The summed E-state index contributed by atoms with van der Waals surface area (Å²) < 4.78 is 52.3. The Labute approximate surface area is 276 Å². The molecule has 4 aromatic rings. The van der Waals surface area contributed by atoms with Gasteiger partial charge in [-0.2, -0.15) is 13.2 Å². The summed E-state index contributed by atoms with van der Waals surface area (Å²) in [5.74, 6) is 0.178. The molecule has 1 heterocycles. The molecule has 0 unspecified atom stereocenters. The Kier molecular flexibility index (Phi) is 10.5. The highest BCUT2D eigenvalue weighted by atomic mass is 79.9. The van der Waals surface area contributed by atoms with E-state index in [4.69, 9.17) is 19.6 Å². The summed E-state index contributed by atoms with van der Waals surface area (Å²) in [4.78, 5) is 22.4. The van der Waals surface area contributed by atoms with Gasteiger partial charge in [-0.05, 0) is 59.1 Å². The van der Waals surface area contributed by atoms with Crippen LogP contribution in [0.25, 0.3) is 10.4 Å². The number of carbonyl (C=O) groups excluding carboxylic acids is 1. The van der Waals surface area contributed by atoms with Crippen molar-refractivity contribution < 1.29 is 32.5 Å². The van der Waals surface area contributed by atoms with Crippen molar-refractivity contribution in [3.05, 3.63) is 140 Å². The van der Waals surface area contributed by atoms with Crippen molar-refractivity contribution in [3.63, 3.8) is 0 Å². The van der Waals surface area contributed by atoms with E-state index in [0.717, 1.165) is 22.2 Å². The highest BCUT2D eigenvalue weighted by molar-refractivity contribution is 9.10. The number of nitrogens with zero attached hydrogens (tertiary/aromatic N) is 4. The van der Waals surface area contributed by atoms with Crippen LogP contribution >= 0.6 is 15.9 Å². The quantitative estimate of drug-likeness (QED) is 0.0669. The highest BCUT2D eigenvalue weighted by Gasteiger charge is 2.54. The molecule has 2 N–H and O–H groups in total. The zero-order valence-corrected chi connectivity index (χ0v) is 26.4. The zero-order valence-electron chi connectivity index (χ0n) is 24.8. The molecule has 0 aliphatic carbocycles. The summed E-state index contributed by atoms with van der Waals surface area (Å²) in [6, 6.07) is 25.5. The normalized spacial score (nSPS) is 17.3. The van der Waals surface area contributed by atoms with Crippen molar-refractivity contribution in [1.82, 2.24) is 5.32 Å². The van der Waals surface area contributed by atoms with Gasteiger partial charge in [-0.15, -0.1) is 0 Å². The summed E-state index contributed by atoms with van der Waals surface area (Å²) in [7, 11) is 0. The van der Waals surface area contributed by atoms with E-state index in [2.05, 4.69) is 31.3 Å². The maximum absolute atomic E-state index is 14.5. The number of ether oxygens (including phenoxy) is 2. The molecular formula is C34H29BrF3N5O4. The van der Waals surface area contributed by atoms with Gasteiger partial charge in [-0.1, -0.05) is 75.6 Å². The molecule has 0 aromatic heterocycles. The van der Waals surface area contributed by atoms with Gasteiger partial charge in [0.1, 0.15) is 5.75 Å². The molecule has 0 bridgehead atoms. The molecule has 1 aliphatic rings. The Hall–Kier alpha value is -4.84. The van der Waals surface area contributed by atoms with E-state index in [0.29, 0.717) is 35.5 Å². The molecule has 4 aromatic carbocycles. The van der Waals surface area contributed by atoms with E-state index in [1.54, 1.807) is 48.5 Å². The number of aliphatic imine (C=N–C) groups is 1. The molecule has 13 heteroatoms. The number of rotatable bonds is 12. The first kappa shape index (κ1) is 33.5. The molecular weight excluding hydrogens is 679 g/mol. The molecule has 0 saturated heterocycles. The Morgan fingerprint density at radius 2 is 1.74 bits per heavy atom. The topological polar surface area (TPSA) is 129 Å². The van der Waals surface area contributed by atoms with E-state index in [-0.39, 0.29) is 31.2 Å². The molecule has 1 amide bonds. The molecule has 5 rings (SSSR count). The van der Waals surface area contributed by atoms with Gasteiger partial charge in [0.15, 0.2) is 11.6 Å². The Bertz CT molecular complexity index is 1790. The fourth-order valence-corrected chi connectivity index (χ4v) is 5.61. The molecule has 0 saturated carbocycles. The van der Waals surface area contributed by atoms with Gasteiger partial charge in [0.05, 0.1) is 12.2 Å². The number of carbonyl (C=O) groups is 1. The predicted molar refractivity (Wildman–Crippen MR) is 173 cm³/mol. The van der Waals surface area contributed by atoms with Crippen LogP contribution in [0.2, 0.25) is 0 Å². The van der Waals surface area contributed by atoms with Crippen LogP contribution in [0.4, 0.5) is 18.9 Å². The number of nitrogens with one attached hydrogen (secondary N) is 1. The minimum Gasteiger partial charge on any atom is -0.494 e. The number of azide groups is 1. The Balaban J connectivity index is 1.58. The number of amides is 1. The Morgan fingerprint density at radius 1 is 1.04 bits per heavy atom. The van der Waals surface area contributed by atoms with Gasteiger partial charge in [0.25, 0.3) is 5.91 Å². The van der Waals surface area contributed by atoms with Crippen molar-refractivity contribution in [2.45, 2.75) is 37.2 Å². The van der Waals surface area contributed by atoms with Crippen LogP contribution in [-0.2, 0) is 28.7 Å². The first-order chi connectivity index (χ1) is 22.6. The van der Waals surface area contributed by atoms with Crippen molar-refractivity contribution in [3.8, 4) is 5.75 Å². The maximum Gasteiger partial charge on any atom is 0.416 e. The summed E-state index contributed by atoms with van der Waals surface area (Å²) in [5.41, 5.74) is 9.28. The first-order valence-electron chi connectivity index (χ1n) is 14.6. The lowest BCUT2D eigenvalue weighted by atomic mass is 9.81. The monoisotopic (exact) mass is 707 g/mol. The number of hydrogen-bond acceptors (Lipinski definition) is 6. The maximum atomic E-state index is 14.5. The summed E-state index contributed by atoms with van der Waals surface area (Å²) in [6.07, 6.45) is -5.03. The SMILES string of the molecule is [N-]=[N+]=Nc1ccccc1[C@H]1OC(c2ccc(OCCCO)cc2)=N[C@@]1(Cc1ccccc1Br)C(=O)NCc1ccc(C(F)(F)F)cc1. The molecule has 2 atom stereocenters. The number of aliphatic hydroxyl groups excluding tert-OH is 1. The molecule has 0 spiro atoms. The molecule has 1 aliphatic heterocycles. The first-order valence-corrected chi connectivity index (χ1v) is 15.4. The van der Waals surface area contributed by atoms with E-state index < -0.39 is 29.3 Å². The number of hydrogen-bond donors (Lipinski definition) is 2. The second-order valence-electron chi connectivity index (χ2n) is 10.7. The van der Waals surface area contributed by atoms with Crippen LogP contribution < -0.4 is 10.1 Å². The minimum absolute atomic E-state index is 0.00197. The lowest BCUT2D eigenvalue weighted by Crippen LogP contribution is -2.49. The number of benzene rings is 4. The van der Waals surface area contributed by atoms with Crippen molar-refractivity contribution in [2.75, 3.05) is 13.2 Å². The predicted octanol–water partition coefficient (Wildman–Crippen LogP) is 7.99. The van der Waals surface area contributed by atoms with E-state index in [9.17, 15) is 23.5 Å². The van der Waals surface area contributed by atoms with Crippen LogP contribution in [0.15, 0.2) is 112 Å². The van der Waals surface area contributed by atoms with Gasteiger partial charge < -0.3 is 19.9 Å². The van der Waals surface area contributed by atoms with E-state index >= 15 is 0 Å². The lowest BCUT2D eigenvalue weighted by Gasteiger charge is -2.31. The average molecular weight is 709 g/mol. The van der Waals surface area contributed by atoms with Crippen LogP contribution in [0, 0.1) is 0 Å². The van der Waals surface area contributed by atoms with Gasteiger partial charge in [-0.25, -0.2) is 4.99 Å². The van der Waals surface area contributed by atoms with Crippen molar-refractivity contribution in [2.24, 2.45) is 10.1 Å². The Morgan fingerprint density at radius 3 is 2.43 bits per heavy atom. The third kappa shape index (κ3) is 7.76. The summed E-state index contributed by atoms with van der Waals surface area (Å²) in [6.45, 7) is 0.256. The third-order valence-corrected chi connectivity index (χ3v) is 8.33. The molecule has 47 heavy (non-hydrogen) atoms. The fraction of sp³-hybridized carbons (Fsp3) is 0.235. The zero-order chi connectivity index (χ0) is 33.4. The summed E-state index contributed by atoms with van der Waals surface area (Å²) in [5, 5.41) is 15.8.